The van der Waals surface area contributed by atoms with Crippen molar-refractivity contribution in [1.29, 1.82) is 0 Å². The highest BCUT2D eigenvalue weighted by Crippen LogP contribution is 2.29. The fourth-order valence-corrected chi connectivity index (χ4v) is 3.72. The Kier molecular flexibility index (Phi) is 4.39. The first-order valence-electron chi connectivity index (χ1n) is 6.93. The van der Waals surface area contributed by atoms with Gasteiger partial charge in [-0.2, -0.15) is 0 Å². The molecule has 0 unspecified atom stereocenters. The third kappa shape index (κ3) is 3.44. The zero-order valence-corrected chi connectivity index (χ0v) is 15.2. The molecule has 0 radical (unpaired) electrons. The molecular weight excluding hydrogens is 414 g/mol. The molecule has 10 heteroatoms. The van der Waals surface area contributed by atoms with Gasteiger partial charge in [-0.05, 0) is 30.3 Å². The van der Waals surface area contributed by atoms with Gasteiger partial charge in [0, 0.05) is 16.2 Å². The van der Waals surface area contributed by atoms with E-state index in [1.165, 1.54) is 19.2 Å². The number of hydrogen-bond donors (Lipinski definition) is 3. The van der Waals surface area contributed by atoms with Gasteiger partial charge in [0.05, 0.1) is 18.1 Å². The zero-order chi connectivity index (χ0) is 18.2. The Morgan fingerprint density at radius 2 is 1.56 bits per heavy atom. The first-order valence-corrected chi connectivity index (χ1v) is 9.20. The largest absolute Gasteiger partial charge is 0.495 e. The van der Waals surface area contributed by atoms with E-state index in [-0.39, 0.29) is 21.7 Å². The quantitative estimate of drug-likeness (QED) is 0.550. The van der Waals surface area contributed by atoms with E-state index < -0.39 is 21.1 Å². The average Bonchev–Trinajstić information content (AvgIpc) is 2.57. The lowest BCUT2D eigenvalue weighted by molar-refractivity contribution is 0.403. The Labute approximate surface area is 150 Å². The van der Waals surface area contributed by atoms with Crippen molar-refractivity contribution in [2.45, 2.75) is 4.90 Å². The molecule has 0 bridgehead atoms. The summed E-state index contributed by atoms with van der Waals surface area (Å²) < 4.78 is 33.8. The number of sulfonamides is 1. The predicted molar refractivity (Wildman–Crippen MR) is 96.7 cm³/mol. The highest BCUT2D eigenvalue weighted by Gasteiger charge is 2.21. The summed E-state index contributed by atoms with van der Waals surface area (Å²) in [6.45, 7) is 0. The van der Waals surface area contributed by atoms with Crippen molar-refractivity contribution in [3.63, 3.8) is 0 Å². The number of H-pyrrole nitrogens is 2. The van der Waals surface area contributed by atoms with Crippen LogP contribution in [0.2, 0.25) is 0 Å². The van der Waals surface area contributed by atoms with E-state index in [0.29, 0.717) is 5.69 Å². The smallest absolute Gasteiger partial charge is 0.314 e. The summed E-state index contributed by atoms with van der Waals surface area (Å²) in [6.07, 6.45) is 0. The number of aromatic amines is 2. The number of fused-ring (bicyclic) bond motifs is 1. The van der Waals surface area contributed by atoms with E-state index in [0.717, 1.165) is 4.47 Å². The van der Waals surface area contributed by atoms with Crippen LogP contribution >= 0.6 is 15.9 Å². The zero-order valence-electron chi connectivity index (χ0n) is 12.8. The van der Waals surface area contributed by atoms with Crippen molar-refractivity contribution in [3.05, 3.63) is 61.6 Å². The number of benzene rings is 2. The molecule has 25 heavy (non-hydrogen) atoms. The molecule has 0 atom stereocenters. The first-order chi connectivity index (χ1) is 11.8. The molecule has 3 rings (SSSR count). The van der Waals surface area contributed by atoms with Gasteiger partial charge in [-0.1, -0.05) is 15.9 Å². The minimum Gasteiger partial charge on any atom is -0.495 e. The number of anilines is 1. The fraction of sp³-hybridized carbons (Fsp3) is 0.0667. The van der Waals surface area contributed by atoms with Crippen LogP contribution in [0.4, 0.5) is 5.69 Å². The van der Waals surface area contributed by atoms with Gasteiger partial charge in [0.2, 0.25) is 0 Å². The predicted octanol–water partition coefficient (Wildman–Crippen LogP) is 1.79. The monoisotopic (exact) mass is 425 g/mol. The molecule has 1 heterocycles. The second kappa shape index (κ2) is 6.37. The second-order valence-corrected chi connectivity index (χ2v) is 7.64. The molecular formula is C15H12BrN3O5S. The Balaban J connectivity index is 2.15. The molecule has 0 amide bonds. The molecule has 1 aromatic heterocycles. The molecule has 3 aromatic rings. The Hall–Kier alpha value is -2.59. The molecule has 0 saturated heterocycles. The summed E-state index contributed by atoms with van der Waals surface area (Å²) in [7, 11) is -2.68. The van der Waals surface area contributed by atoms with Gasteiger partial charge in [0.25, 0.3) is 10.0 Å². The molecule has 8 nitrogen and oxygen atoms in total. The molecule has 2 aromatic carbocycles. The van der Waals surface area contributed by atoms with Crippen molar-refractivity contribution in [1.82, 2.24) is 9.97 Å². The second-order valence-electron chi connectivity index (χ2n) is 5.07. The lowest BCUT2D eigenvalue weighted by atomic mass is 10.3. The van der Waals surface area contributed by atoms with Gasteiger partial charge in [0.1, 0.15) is 10.6 Å². The number of aromatic nitrogens is 2. The van der Waals surface area contributed by atoms with E-state index in [2.05, 4.69) is 30.6 Å². The van der Waals surface area contributed by atoms with Crippen molar-refractivity contribution in [3.8, 4) is 5.75 Å². The van der Waals surface area contributed by atoms with Crippen LogP contribution in [-0.4, -0.2) is 25.5 Å². The summed E-state index contributed by atoms with van der Waals surface area (Å²) >= 11 is 3.27. The highest BCUT2D eigenvalue weighted by molar-refractivity contribution is 9.10. The highest BCUT2D eigenvalue weighted by atomic mass is 79.9. The lowest BCUT2D eigenvalue weighted by Gasteiger charge is -2.12. The molecule has 3 N–H and O–H groups in total. The third-order valence-corrected chi connectivity index (χ3v) is 5.32. The van der Waals surface area contributed by atoms with Gasteiger partial charge in [0.15, 0.2) is 0 Å². The molecule has 0 spiro atoms. The maximum atomic E-state index is 12.7. The van der Waals surface area contributed by atoms with Gasteiger partial charge >= 0.3 is 11.1 Å². The summed E-state index contributed by atoms with van der Waals surface area (Å²) in [6, 6.07) is 9.13. The first kappa shape index (κ1) is 17.2. The summed E-state index contributed by atoms with van der Waals surface area (Å²) in [5.74, 6) is 0.0276. The molecule has 130 valence electrons. The van der Waals surface area contributed by atoms with Gasteiger partial charge in [-0.25, -0.2) is 8.42 Å². The van der Waals surface area contributed by atoms with Crippen LogP contribution in [0.5, 0.6) is 5.75 Å². The van der Waals surface area contributed by atoms with Crippen LogP contribution in [0.25, 0.3) is 11.0 Å². The Morgan fingerprint density at radius 3 is 2.12 bits per heavy atom. The maximum absolute atomic E-state index is 12.7. The van der Waals surface area contributed by atoms with Crippen LogP contribution in [0.15, 0.2) is 55.4 Å². The van der Waals surface area contributed by atoms with E-state index in [1.54, 1.807) is 24.3 Å². The summed E-state index contributed by atoms with van der Waals surface area (Å²) in [4.78, 5) is 27.4. The number of ether oxygens (including phenoxy) is 1. The van der Waals surface area contributed by atoms with E-state index in [1.807, 2.05) is 0 Å². The SMILES string of the molecule is COc1cc2[nH]c(=O)c(=O)[nH]c2cc1S(=O)(=O)Nc1ccc(Br)cc1. The Bertz CT molecular complexity index is 1170. The number of nitrogens with one attached hydrogen (secondary N) is 3. The minimum atomic E-state index is -3.99. The molecule has 0 aliphatic rings. The van der Waals surface area contributed by atoms with Crippen LogP contribution in [0.1, 0.15) is 0 Å². The standard InChI is InChI=1S/C15H12BrN3O5S/c1-24-12-6-10-11(18-15(21)14(20)17-10)7-13(12)25(22,23)19-9-4-2-8(16)3-5-9/h2-7,19H,1H3,(H,17,20)(H,18,21). The number of halogens is 1. The van der Waals surface area contributed by atoms with Crippen molar-refractivity contribution in [2.24, 2.45) is 0 Å². The summed E-state index contributed by atoms with van der Waals surface area (Å²) in [5.41, 5.74) is -0.925. The molecule has 0 aliphatic carbocycles. The van der Waals surface area contributed by atoms with Crippen LogP contribution in [-0.2, 0) is 10.0 Å². The molecule has 0 saturated carbocycles. The number of methoxy groups -OCH3 is 1. The maximum Gasteiger partial charge on any atom is 0.314 e. The van der Waals surface area contributed by atoms with Crippen molar-refractivity contribution in [2.75, 3.05) is 11.8 Å². The Morgan fingerprint density at radius 1 is 1.00 bits per heavy atom. The molecule has 0 aliphatic heterocycles. The van der Waals surface area contributed by atoms with Crippen LogP contribution < -0.4 is 20.6 Å². The van der Waals surface area contributed by atoms with Gasteiger partial charge in [-0.3, -0.25) is 14.3 Å². The number of rotatable bonds is 4. The third-order valence-electron chi connectivity index (χ3n) is 3.39. The lowest BCUT2D eigenvalue weighted by Crippen LogP contribution is -2.29. The topological polar surface area (TPSA) is 121 Å². The van der Waals surface area contributed by atoms with Crippen molar-refractivity contribution < 1.29 is 13.2 Å². The van der Waals surface area contributed by atoms with Crippen LogP contribution in [0, 0.1) is 0 Å². The van der Waals surface area contributed by atoms with Crippen molar-refractivity contribution >= 4 is 42.7 Å². The van der Waals surface area contributed by atoms with Crippen LogP contribution in [0.3, 0.4) is 0 Å². The van der Waals surface area contributed by atoms with E-state index >= 15 is 0 Å². The average molecular weight is 426 g/mol. The summed E-state index contributed by atoms with van der Waals surface area (Å²) in [5, 5.41) is 0. The van der Waals surface area contributed by atoms with E-state index in [4.69, 9.17) is 4.74 Å². The minimum absolute atomic E-state index is 0.0276. The van der Waals surface area contributed by atoms with Gasteiger partial charge < -0.3 is 14.7 Å². The number of hydrogen-bond acceptors (Lipinski definition) is 5. The normalized spacial score (nSPS) is 11.4. The molecule has 0 fully saturated rings. The van der Waals surface area contributed by atoms with E-state index in [9.17, 15) is 18.0 Å². The van der Waals surface area contributed by atoms with Gasteiger partial charge in [-0.15, -0.1) is 0 Å². The fourth-order valence-electron chi connectivity index (χ4n) is 2.22.